The van der Waals surface area contributed by atoms with Gasteiger partial charge in [-0.05, 0) is 25.2 Å². The van der Waals surface area contributed by atoms with Gasteiger partial charge in [0.15, 0.2) is 0 Å². The topological polar surface area (TPSA) is 140 Å². The average Bonchev–Trinajstić information content (AvgIpc) is 2.37. The minimum absolute atomic E-state index is 0.0956. The Labute approximate surface area is 129 Å². The second kappa shape index (κ2) is 11.1. The number of rotatable bonds is 12. The van der Waals surface area contributed by atoms with Crippen molar-refractivity contribution in [3.8, 4) is 0 Å². The van der Waals surface area contributed by atoms with Crippen LogP contribution >= 0.6 is 15.0 Å². The number of hydrogen-bond acceptors (Lipinski definition) is 7. The number of hydrogen-bond donors (Lipinski definition) is 3. The summed E-state index contributed by atoms with van der Waals surface area (Å²) in [5, 5.41) is 20.0. The zero-order valence-corrected chi connectivity index (χ0v) is 14.3. The average molecular weight is 360 g/mol. The first-order valence-corrected chi connectivity index (χ1v) is 10.3. The molecule has 0 saturated carbocycles. The van der Waals surface area contributed by atoms with E-state index in [0.717, 1.165) is 6.42 Å². The summed E-state index contributed by atoms with van der Waals surface area (Å²) in [4.78, 5) is 19.6. The highest BCUT2D eigenvalue weighted by atomic mass is 32.1. The molecule has 0 rings (SSSR count). The van der Waals surface area contributed by atoms with Gasteiger partial charge in [-0.25, -0.2) is 9.82 Å². The molecule has 0 spiro atoms. The molecule has 2 unspecified atom stereocenters. The first-order valence-electron chi connectivity index (χ1n) is 6.59. The van der Waals surface area contributed by atoms with Gasteiger partial charge in [0.2, 0.25) is 0 Å². The van der Waals surface area contributed by atoms with E-state index < -0.39 is 21.0 Å². The quantitative estimate of drug-likeness (QED) is 0.207. The van der Waals surface area contributed by atoms with Gasteiger partial charge >= 0.3 is 21.0 Å². The number of carbonyl (C=O) groups is 1. The van der Waals surface area contributed by atoms with E-state index in [9.17, 15) is 13.9 Å². The smallest absolute Gasteiger partial charge is 0.438 e. The van der Waals surface area contributed by atoms with Crippen LogP contribution in [-0.2, 0) is 28.2 Å². The van der Waals surface area contributed by atoms with Crippen molar-refractivity contribution in [1.29, 1.82) is 0 Å². The van der Waals surface area contributed by atoms with E-state index in [1.165, 1.54) is 0 Å². The van der Waals surface area contributed by atoms with Crippen LogP contribution in [0.15, 0.2) is 11.6 Å². The van der Waals surface area contributed by atoms with Gasteiger partial charge in [0.25, 0.3) is 0 Å². The highest BCUT2D eigenvalue weighted by Gasteiger charge is 2.33. The van der Waals surface area contributed by atoms with Crippen LogP contribution in [0.25, 0.3) is 0 Å². The third kappa shape index (κ3) is 9.48. The molecule has 0 fully saturated rings. The molecule has 0 aliphatic carbocycles. The lowest BCUT2D eigenvalue weighted by molar-refractivity contribution is -0.441. The number of carboxylic acids is 1. The minimum atomic E-state index is -4.47. The maximum absolute atomic E-state index is 11.6. The van der Waals surface area contributed by atoms with E-state index in [1.54, 1.807) is 6.08 Å². The summed E-state index contributed by atoms with van der Waals surface area (Å²) in [5.41, 5.74) is 0.544. The Kier molecular flexibility index (Phi) is 10.8. The van der Waals surface area contributed by atoms with Gasteiger partial charge in [0.1, 0.15) is 0 Å². The Bertz CT molecular complexity index is 447. The van der Waals surface area contributed by atoms with Crippen LogP contribution in [0, 0.1) is 5.92 Å². The van der Waals surface area contributed by atoms with E-state index >= 15 is 0 Å². The van der Waals surface area contributed by atoms with Crippen molar-refractivity contribution in [2.45, 2.75) is 39.5 Å². The SMILES string of the molecule is CC(C)CC/C=C(/CCOP(=O)(OOO)[PH](=O)O)CC(=O)O. The molecule has 0 heterocycles. The molecule has 0 aromatic carbocycles. The molecule has 22 heavy (non-hydrogen) atoms. The predicted octanol–water partition coefficient (Wildman–Crippen LogP) is 3.23. The highest BCUT2D eigenvalue weighted by molar-refractivity contribution is 8.20. The van der Waals surface area contributed by atoms with Gasteiger partial charge in [-0.15, -0.1) is 4.67 Å². The van der Waals surface area contributed by atoms with Crippen LogP contribution in [0.5, 0.6) is 0 Å². The third-order valence-corrected chi connectivity index (χ3v) is 5.88. The molecular formula is C11H22O9P2. The van der Waals surface area contributed by atoms with Gasteiger partial charge in [-0.3, -0.25) is 9.36 Å². The van der Waals surface area contributed by atoms with Crippen LogP contribution in [0.1, 0.15) is 39.5 Å². The van der Waals surface area contributed by atoms with Gasteiger partial charge in [0.05, 0.1) is 13.0 Å². The number of carboxylic acid groups (broad SMARTS) is 1. The molecule has 0 radical (unpaired) electrons. The predicted molar refractivity (Wildman–Crippen MR) is 78.6 cm³/mol. The third-order valence-electron chi connectivity index (χ3n) is 2.61. The fraction of sp³-hybridized carbons (Fsp3) is 0.727. The Hall–Kier alpha value is -0.530. The summed E-state index contributed by atoms with van der Waals surface area (Å²) >= 11 is 0. The van der Waals surface area contributed by atoms with E-state index in [1.807, 2.05) is 13.8 Å². The Morgan fingerprint density at radius 1 is 1.41 bits per heavy atom. The fourth-order valence-corrected chi connectivity index (χ4v) is 3.06. The Balaban J connectivity index is 4.58. The summed E-state index contributed by atoms with van der Waals surface area (Å²) in [6, 6.07) is 0. The molecule has 0 aromatic heterocycles. The van der Waals surface area contributed by atoms with E-state index in [-0.39, 0.29) is 19.4 Å². The Morgan fingerprint density at radius 2 is 2.05 bits per heavy atom. The summed E-state index contributed by atoms with van der Waals surface area (Å²) in [5.74, 6) is -0.557. The molecule has 0 aliphatic heterocycles. The second-order valence-corrected chi connectivity index (χ2v) is 9.67. The van der Waals surface area contributed by atoms with Crippen molar-refractivity contribution in [2.24, 2.45) is 5.92 Å². The number of allylic oxidation sites excluding steroid dienone is 1. The van der Waals surface area contributed by atoms with Crippen molar-refractivity contribution in [3.05, 3.63) is 11.6 Å². The van der Waals surface area contributed by atoms with Crippen LogP contribution < -0.4 is 0 Å². The molecule has 2 atom stereocenters. The van der Waals surface area contributed by atoms with E-state index in [4.69, 9.17) is 15.3 Å². The van der Waals surface area contributed by atoms with Gasteiger partial charge in [-0.1, -0.05) is 30.5 Å². The summed E-state index contributed by atoms with van der Waals surface area (Å²) in [7, 11) is -8.21. The summed E-state index contributed by atoms with van der Waals surface area (Å²) in [6.07, 6.45) is 3.21. The minimum Gasteiger partial charge on any atom is -0.481 e. The first kappa shape index (κ1) is 21.5. The maximum Gasteiger partial charge on any atom is 0.438 e. The van der Waals surface area contributed by atoms with Crippen molar-refractivity contribution < 1.29 is 43.4 Å². The van der Waals surface area contributed by atoms with Crippen LogP contribution in [0.2, 0.25) is 0 Å². The molecule has 0 saturated heterocycles. The molecular weight excluding hydrogens is 338 g/mol. The lowest BCUT2D eigenvalue weighted by Gasteiger charge is -2.13. The molecule has 3 N–H and O–H groups in total. The fourth-order valence-electron chi connectivity index (χ4n) is 1.53. The van der Waals surface area contributed by atoms with E-state index in [0.29, 0.717) is 17.9 Å². The largest absolute Gasteiger partial charge is 0.481 e. The van der Waals surface area contributed by atoms with E-state index in [2.05, 4.69) is 14.2 Å². The van der Waals surface area contributed by atoms with Gasteiger partial charge < -0.3 is 14.5 Å². The molecule has 0 aliphatic rings. The van der Waals surface area contributed by atoms with Crippen molar-refractivity contribution in [3.63, 3.8) is 0 Å². The zero-order chi connectivity index (χ0) is 17.2. The van der Waals surface area contributed by atoms with Gasteiger partial charge in [0, 0.05) is 0 Å². The molecule has 0 aromatic rings. The highest BCUT2D eigenvalue weighted by Crippen LogP contribution is 2.68. The molecule has 0 bridgehead atoms. The van der Waals surface area contributed by atoms with Crippen LogP contribution in [-0.4, -0.2) is 27.8 Å². The van der Waals surface area contributed by atoms with Crippen LogP contribution in [0.3, 0.4) is 0 Å². The number of aliphatic carboxylic acids is 1. The molecule has 0 amide bonds. The van der Waals surface area contributed by atoms with Gasteiger partial charge in [-0.2, -0.15) is 0 Å². The normalized spacial score (nSPS) is 16.5. The lowest BCUT2D eigenvalue weighted by atomic mass is 10.0. The maximum atomic E-state index is 11.6. The molecule has 11 heteroatoms. The second-order valence-electron chi connectivity index (χ2n) is 4.92. The standard InChI is InChI=1S/C11H22O9P2/c1-9(2)4-3-5-10(8-11(12)13)6-7-18-22(17,20-19-14)21(15)16/h5,9,14,21H,3-4,6-8H2,1-2H3,(H,12,13)(H,15,16)/b10-5-. The molecule has 130 valence electrons. The lowest BCUT2D eigenvalue weighted by Crippen LogP contribution is -2.02. The first-order chi connectivity index (χ1) is 10.2. The van der Waals surface area contributed by atoms with Crippen molar-refractivity contribution in [1.82, 2.24) is 0 Å². The Morgan fingerprint density at radius 3 is 2.50 bits per heavy atom. The van der Waals surface area contributed by atoms with Crippen LogP contribution in [0.4, 0.5) is 0 Å². The van der Waals surface area contributed by atoms with Crippen molar-refractivity contribution >= 4 is 21.0 Å². The van der Waals surface area contributed by atoms with Crippen molar-refractivity contribution in [2.75, 3.05) is 6.61 Å². The summed E-state index contributed by atoms with van der Waals surface area (Å²) in [6.45, 7) is 3.77. The zero-order valence-electron chi connectivity index (χ0n) is 12.4. The monoisotopic (exact) mass is 360 g/mol. The summed E-state index contributed by atoms with van der Waals surface area (Å²) < 4.78 is 31.0. The molecule has 9 nitrogen and oxygen atoms in total.